The maximum absolute atomic E-state index is 13.4. The molecule has 0 bridgehead atoms. The van der Waals surface area contributed by atoms with Crippen molar-refractivity contribution in [1.82, 2.24) is 4.98 Å². The molecule has 0 atom stereocenters. The Morgan fingerprint density at radius 2 is 1.52 bits per heavy atom. The SMILES string of the molecule is Cc1ccc(S(=O)(=O)N(Cc2ccccc2)c2cc3ccccc3[nH]2)cc1. The maximum Gasteiger partial charge on any atom is 0.265 e. The number of rotatable bonds is 5. The topological polar surface area (TPSA) is 53.2 Å². The van der Waals surface area contributed by atoms with Crippen LogP contribution in [0.1, 0.15) is 11.1 Å². The smallest absolute Gasteiger partial charge is 0.265 e. The molecule has 0 unspecified atom stereocenters. The van der Waals surface area contributed by atoms with Crippen molar-refractivity contribution >= 4 is 26.7 Å². The van der Waals surface area contributed by atoms with E-state index in [1.54, 1.807) is 12.1 Å². The van der Waals surface area contributed by atoms with Gasteiger partial charge in [0, 0.05) is 10.9 Å². The van der Waals surface area contributed by atoms with Gasteiger partial charge in [-0.05, 0) is 36.8 Å². The summed E-state index contributed by atoms with van der Waals surface area (Å²) in [6.07, 6.45) is 0. The van der Waals surface area contributed by atoms with Crippen molar-refractivity contribution in [1.29, 1.82) is 0 Å². The first-order chi connectivity index (χ1) is 13.0. The molecule has 0 aliphatic rings. The molecule has 0 fully saturated rings. The highest BCUT2D eigenvalue weighted by Gasteiger charge is 2.26. The lowest BCUT2D eigenvalue weighted by Gasteiger charge is -2.23. The summed E-state index contributed by atoms with van der Waals surface area (Å²) in [5.41, 5.74) is 2.85. The molecule has 0 saturated heterocycles. The number of sulfonamides is 1. The van der Waals surface area contributed by atoms with Crippen LogP contribution in [0.15, 0.2) is 89.8 Å². The van der Waals surface area contributed by atoms with Gasteiger partial charge in [0.05, 0.1) is 11.4 Å². The zero-order valence-electron chi connectivity index (χ0n) is 15.0. The van der Waals surface area contributed by atoms with Crippen LogP contribution in [0.3, 0.4) is 0 Å². The number of anilines is 1. The summed E-state index contributed by atoms with van der Waals surface area (Å²) in [5, 5.41) is 0.977. The number of hydrogen-bond acceptors (Lipinski definition) is 2. The van der Waals surface area contributed by atoms with Crippen molar-refractivity contribution in [3.63, 3.8) is 0 Å². The molecule has 4 aromatic rings. The van der Waals surface area contributed by atoms with E-state index in [1.165, 1.54) is 4.31 Å². The fourth-order valence-corrected chi connectivity index (χ4v) is 4.49. The Morgan fingerprint density at radius 3 is 2.22 bits per heavy atom. The summed E-state index contributed by atoms with van der Waals surface area (Å²) >= 11 is 0. The monoisotopic (exact) mass is 376 g/mol. The summed E-state index contributed by atoms with van der Waals surface area (Å²) in [6.45, 7) is 2.19. The van der Waals surface area contributed by atoms with Gasteiger partial charge in [0.25, 0.3) is 10.0 Å². The fraction of sp³-hybridized carbons (Fsp3) is 0.0909. The number of aromatic amines is 1. The highest BCUT2D eigenvalue weighted by molar-refractivity contribution is 7.92. The van der Waals surface area contributed by atoms with Gasteiger partial charge in [0.1, 0.15) is 5.82 Å². The second-order valence-corrected chi connectivity index (χ2v) is 8.41. The quantitative estimate of drug-likeness (QED) is 0.540. The van der Waals surface area contributed by atoms with E-state index >= 15 is 0 Å². The van der Waals surface area contributed by atoms with E-state index < -0.39 is 10.0 Å². The Bertz CT molecular complexity index is 1130. The molecular formula is C22H20N2O2S. The molecule has 1 aromatic heterocycles. The van der Waals surface area contributed by atoms with E-state index in [1.807, 2.05) is 79.7 Å². The summed E-state index contributed by atoms with van der Waals surface area (Å²) in [5.74, 6) is 0.556. The van der Waals surface area contributed by atoms with E-state index in [9.17, 15) is 8.42 Å². The van der Waals surface area contributed by atoms with E-state index in [4.69, 9.17) is 0 Å². The van der Waals surface area contributed by atoms with Gasteiger partial charge >= 0.3 is 0 Å². The number of hydrogen-bond donors (Lipinski definition) is 1. The van der Waals surface area contributed by atoms with Gasteiger partial charge < -0.3 is 4.98 Å². The predicted molar refractivity (Wildman–Crippen MR) is 109 cm³/mol. The highest BCUT2D eigenvalue weighted by Crippen LogP contribution is 2.28. The van der Waals surface area contributed by atoms with Crippen LogP contribution < -0.4 is 4.31 Å². The second kappa shape index (κ2) is 6.93. The normalized spacial score (nSPS) is 11.6. The summed E-state index contributed by atoms with van der Waals surface area (Å²) in [6, 6.07) is 26.2. The Hall–Kier alpha value is -3.05. The Balaban J connectivity index is 1.83. The molecule has 4 rings (SSSR count). The van der Waals surface area contributed by atoms with Crippen LogP contribution in [0.5, 0.6) is 0 Å². The van der Waals surface area contributed by atoms with Crippen molar-refractivity contribution in [3.8, 4) is 0 Å². The zero-order chi connectivity index (χ0) is 18.9. The summed E-state index contributed by atoms with van der Waals surface area (Å²) < 4.78 is 28.3. The van der Waals surface area contributed by atoms with Gasteiger partial charge in [0.2, 0.25) is 0 Å². The molecule has 3 aromatic carbocycles. The third kappa shape index (κ3) is 3.46. The fourth-order valence-electron chi connectivity index (χ4n) is 3.08. The van der Waals surface area contributed by atoms with E-state index in [0.29, 0.717) is 5.82 Å². The minimum Gasteiger partial charge on any atom is -0.341 e. The van der Waals surface area contributed by atoms with Crippen molar-refractivity contribution in [2.24, 2.45) is 0 Å². The number of para-hydroxylation sites is 1. The van der Waals surface area contributed by atoms with Crippen LogP contribution in [-0.4, -0.2) is 13.4 Å². The molecular weight excluding hydrogens is 356 g/mol. The molecule has 27 heavy (non-hydrogen) atoms. The van der Waals surface area contributed by atoms with E-state index in [-0.39, 0.29) is 11.4 Å². The molecule has 5 heteroatoms. The Kier molecular flexibility index (Phi) is 4.46. The molecule has 0 amide bonds. The molecule has 136 valence electrons. The van der Waals surface area contributed by atoms with Crippen molar-refractivity contribution in [2.45, 2.75) is 18.4 Å². The number of aromatic nitrogens is 1. The van der Waals surface area contributed by atoms with Gasteiger partial charge in [-0.1, -0.05) is 66.2 Å². The Labute approximate surface area is 159 Å². The highest BCUT2D eigenvalue weighted by atomic mass is 32.2. The lowest BCUT2D eigenvalue weighted by atomic mass is 10.2. The van der Waals surface area contributed by atoms with Gasteiger partial charge in [-0.15, -0.1) is 0 Å². The summed E-state index contributed by atoms with van der Waals surface area (Å²) in [7, 11) is -3.71. The van der Waals surface area contributed by atoms with E-state index in [0.717, 1.165) is 22.0 Å². The minimum absolute atomic E-state index is 0.254. The number of benzene rings is 3. The first kappa shape index (κ1) is 17.4. The third-order valence-corrected chi connectivity index (χ3v) is 6.34. The number of nitrogens with zero attached hydrogens (tertiary/aromatic N) is 1. The lowest BCUT2D eigenvalue weighted by Crippen LogP contribution is -2.30. The molecule has 0 spiro atoms. The molecule has 0 saturated carbocycles. The molecule has 4 nitrogen and oxygen atoms in total. The first-order valence-electron chi connectivity index (χ1n) is 8.75. The van der Waals surface area contributed by atoms with Crippen molar-refractivity contribution in [2.75, 3.05) is 4.31 Å². The average Bonchev–Trinajstić information content (AvgIpc) is 3.11. The molecule has 1 heterocycles. The second-order valence-electron chi connectivity index (χ2n) is 6.55. The zero-order valence-corrected chi connectivity index (χ0v) is 15.8. The third-order valence-electron chi connectivity index (χ3n) is 4.56. The number of nitrogens with one attached hydrogen (secondary N) is 1. The lowest BCUT2D eigenvalue weighted by molar-refractivity contribution is 0.590. The first-order valence-corrected chi connectivity index (χ1v) is 10.2. The predicted octanol–water partition coefficient (Wildman–Crippen LogP) is 4.87. The van der Waals surface area contributed by atoms with Gasteiger partial charge in [-0.25, -0.2) is 12.7 Å². The van der Waals surface area contributed by atoms with Gasteiger partial charge in [-0.2, -0.15) is 0 Å². The van der Waals surface area contributed by atoms with Crippen LogP contribution in [0.2, 0.25) is 0 Å². The van der Waals surface area contributed by atoms with Crippen LogP contribution in [0.4, 0.5) is 5.82 Å². The minimum atomic E-state index is -3.71. The Morgan fingerprint density at radius 1 is 0.852 bits per heavy atom. The van der Waals surface area contributed by atoms with Crippen LogP contribution in [0, 0.1) is 6.92 Å². The van der Waals surface area contributed by atoms with Crippen LogP contribution >= 0.6 is 0 Å². The number of aryl methyl sites for hydroxylation is 1. The maximum atomic E-state index is 13.4. The largest absolute Gasteiger partial charge is 0.341 e. The average molecular weight is 376 g/mol. The van der Waals surface area contributed by atoms with Crippen LogP contribution in [0.25, 0.3) is 10.9 Å². The standard InChI is InChI=1S/C22H20N2O2S/c1-17-11-13-20(14-12-17)27(25,26)24(16-18-7-3-2-4-8-18)22-15-19-9-5-6-10-21(19)23-22/h2-15,23H,16H2,1H3. The molecule has 0 aliphatic heterocycles. The van der Waals surface area contributed by atoms with Crippen molar-refractivity contribution in [3.05, 3.63) is 96.1 Å². The molecule has 0 radical (unpaired) electrons. The van der Waals surface area contributed by atoms with Crippen LogP contribution in [-0.2, 0) is 16.6 Å². The number of H-pyrrole nitrogens is 1. The molecule has 0 aliphatic carbocycles. The van der Waals surface area contributed by atoms with Gasteiger partial charge in [-0.3, -0.25) is 0 Å². The summed E-state index contributed by atoms with van der Waals surface area (Å²) in [4.78, 5) is 3.53. The van der Waals surface area contributed by atoms with Gasteiger partial charge in [0.15, 0.2) is 0 Å². The molecule has 1 N–H and O–H groups in total. The van der Waals surface area contributed by atoms with E-state index in [2.05, 4.69) is 4.98 Å². The van der Waals surface area contributed by atoms with Crippen molar-refractivity contribution < 1.29 is 8.42 Å². The number of fused-ring (bicyclic) bond motifs is 1.